The number of fused-ring (bicyclic) bond motifs is 1. The standard InChI is InChI=1S/C22H31N3O5S/c26-21(24-11-2-1-3-12-24)8-9-22(27)25-13-10-17-15-19(6-7-20(17)25)31(28,29)23-16-18-5-4-14-30-18/h6-7,15,18,23H,1-5,8-14,16H2/t18-/m1/s1. The topological polar surface area (TPSA) is 96.0 Å². The number of benzene rings is 1. The first-order chi connectivity index (χ1) is 14.9. The lowest BCUT2D eigenvalue weighted by molar-refractivity contribution is -0.133. The zero-order chi connectivity index (χ0) is 21.8. The number of rotatable bonds is 7. The zero-order valence-electron chi connectivity index (χ0n) is 17.8. The van der Waals surface area contributed by atoms with Crippen molar-refractivity contribution in [3.8, 4) is 0 Å². The molecule has 1 aromatic rings. The van der Waals surface area contributed by atoms with Crippen LogP contribution in [0.15, 0.2) is 23.1 Å². The minimum atomic E-state index is -3.62. The van der Waals surface area contributed by atoms with Gasteiger partial charge in [0.05, 0.1) is 11.0 Å². The van der Waals surface area contributed by atoms with Crippen LogP contribution < -0.4 is 9.62 Å². The van der Waals surface area contributed by atoms with E-state index in [0.29, 0.717) is 19.6 Å². The van der Waals surface area contributed by atoms with Crippen LogP contribution >= 0.6 is 0 Å². The van der Waals surface area contributed by atoms with Gasteiger partial charge in [-0.25, -0.2) is 13.1 Å². The van der Waals surface area contributed by atoms with Crippen LogP contribution in [0.3, 0.4) is 0 Å². The van der Waals surface area contributed by atoms with E-state index in [9.17, 15) is 18.0 Å². The fraction of sp³-hybridized carbons (Fsp3) is 0.636. The predicted octanol–water partition coefficient (Wildman–Crippen LogP) is 1.83. The van der Waals surface area contributed by atoms with E-state index in [0.717, 1.165) is 56.4 Å². The van der Waals surface area contributed by atoms with Gasteiger partial charge in [-0.3, -0.25) is 9.59 Å². The van der Waals surface area contributed by atoms with Gasteiger partial charge in [0.15, 0.2) is 0 Å². The Morgan fingerprint density at radius 3 is 2.55 bits per heavy atom. The van der Waals surface area contributed by atoms with Crippen LogP contribution in [0.5, 0.6) is 0 Å². The number of carbonyl (C=O) groups excluding carboxylic acids is 2. The first-order valence-electron chi connectivity index (χ1n) is 11.3. The molecular formula is C22H31N3O5S. The number of nitrogens with zero attached hydrogens (tertiary/aromatic N) is 2. The van der Waals surface area contributed by atoms with Gasteiger partial charge < -0.3 is 14.5 Å². The summed E-state index contributed by atoms with van der Waals surface area (Å²) < 4.78 is 33.4. The van der Waals surface area contributed by atoms with Crippen LogP contribution in [0.1, 0.15) is 50.5 Å². The van der Waals surface area contributed by atoms with E-state index < -0.39 is 10.0 Å². The van der Waals surface area contributed by atoms with Gasteiger partial charge in [-0.15, -0.1) is 0 Å². The van der Waals surface area contributed by atoms with Gasteiger partial charge >= 0.3 is 0 Å². The maximum atomic E-state index is 12.7. The second-order valence-electron chi connectivity index (χ2n) is 8.51. The summed E-state index contributed by atoms with van der Waals surface area (Å²) in [5.74, 6) is -0.0394. The van der Waals surface area contributed by atoms with Crippen molar-refractivity contribution >= 4 is 27.5 Å². The molecule has 4 rings (SSSR count). The Labute approximate surface area is 184 Å². The zero-order valence-corrected chi connectivity index (χ0v) is 18.7. The average Bonchev–Trinajstić information content (AvgIpc) is 3.46. The third kappa shape index (κ3) is 5.27. The number of amides is 2. The van der Waals surface area contributed by atoms with Crippen molar-refractivity contribution in [1.82, 2.24) is 9.62 Å². The molecule has 3 heterocycles. The maximum absolute atomic E-state index is 12.7. The smallest absolute Gasteiger partial charge is 0.240 e. The fourth-order valence-corrected chi connectivity index (χ4v) is 5.66. The number of anilines is 1. The van der Waals surface area contributed by atoms with Crippen LogP contribution in [0.4, 0.5) is 5.69 Å². The molecule has 8 nitrogen and oxygen atoms in total. The molecule has 0 bridgehead atoms. The lowest BCUT2D eigenvalue weighted by atomic mass is 10.1. The Hall–Kier alpha value is -1.97. The molecule has 170 valence electrons. The van der Waals surface area contributed by atoms with E-state index in [1.54, 1.807) is 23.1 Å². The molecule has 1 aromatic carbocycles. The summed E-state index contributed by atoms with van der Waals surface area (Å²) in [6.45, 7) is 3.04. The number of nitrogens with one attached hydrogen (secondary N) is 1. The highest BCUT2D eigenvalue weighted by Gasteiger charge is 2.28. The molecule has 0 aliphatic carbocycles. The first-order valence-corrected chi connectivity index (χ1v) is 12.7. The number of carbonyl (C=O) groups is 2. The molecule has 1 N–H and O–H groups in total. The summed E-state index contributed by atoms with van der Waals surface area (Å²) in [6, 6.07) is 4.90. The largest absolute Gasteiger partial charge is 0.377 e. The molecule has 2 amide bonds. The van der Waals surface area contributed by atoms with Gasteiger partial charge in [0.25, 0.3) is 0 Å². The number of sulfonamides is 1. The Bertz CT molecular complexity index is 921. The minimum Gasteiger partial charge on any atom is -0.377 e. The number of hydrogen-bond donors (Lipinski definition) is 1. The van der Waals surface area contributed by atoms with Crippen LogP contribution in [0, 0.1) is 0 Å². The Balaban J connectivity index is 1.35. The van der Waals surface area contributed by atoms with Crippen LogP contribution in [0.25, 0.3) is 0 Å². The number of piperidine rings is 1. The highest BCUT2D eigenvalue weighted by Crippen LogP contribution is 2.31. The van der Waals surface area contributed by atoms with E-state index in [4.69, 9.17) is 4.74 Å². The van der Waals surface area contributed by atoms with E-state index in [1.165, 1.54) is 0 Å². The van der Waals surface area contributed by atoms with Crippen LogP contribution in [0.2, 0.25) is 0 Å². The van der Waals surface area contributed by atoms with Gasteiger partial charge in [0.1, 0.15) is 0 Å². The van der Waals surface area contributed by atoms with E-state index in [-0.39, 0.29) is 42.2 Å². The number of ether oxygens (including phenoxy) is 1. The molecular weight excluding hydrogens is 418 g/mol. The first kappa shape index (κ1) is 22.2. The molecule has 9 heteroatoms. The molecule has 31 heavy (non-hydrogen) atoms. The lowest BCUT2D eigenvalue weighted by Gasteiger charge is -2.27. The second-order valence-corrected chi connectivity index (χ2v) is 10.3. The number of likely N-dealkylation sites (tertiary alicyclic amines) is 1. The highest BCUT2D eigenvalue weighted by atomic mass is 32.2. The summed E-state index contributed by atoms with van der Waals surface area (Å²) in [4.78, 5) is 28.8. The monoisotopic (exact) mass is 449 g/mol. The van der Waals surface area contributed by atoms with Crippen molar-refractivity contribution < 1.29 is 22.7 Å². The Kier molecular flexibility index (Phi) is 6.93. The summed E-state index contributed by atoms with van der Waals surface area (Å²) >= 11 is 0. The quantitative estimate of drug-likeness (QED) is 0.685. The van der Waals surface area contributed by atoms with Crippen molar-refractivity contribution in [3.63, 3.8) is 0 Å². The van der Waals surface area contributed by atoms with Crippen LogP contribution in [-0.2, 0) is 30.8 Å². The van der Waals surface area contributed by atoms with Crippen LogP contribution in [-0.4, -0.2) is 64.0 Å². The molecule has 3 aliphatic rings. The minimum absolute atomic E-state index is 0.0474. The van der Waals surface area contributed by atoms with Crippen molar-refractivity contribution in [2.75, 3.05) is 37.7 Å². The van der Waals surface area contributed by atoms with Crippen molar-refractivity contribution in [2.24, 2.45) is 0 Å². The van der Waals surface area contributed by atoms with Gasteiger partial charge in [0.2, 0.25) is 21.8 Å². The van der Waals surface area contributed by atoms with E-state index >= 15 is 0 Å². The molecule has 2 fully saturated rings. The average molecular weight is 450 g/mol. The summed E-state index contributed by atoms with van der Waals surface area (Å²) in [7, 11) is -3.62. The normalized spacial score (nSPS) is 21.4. The Morgan fingerprint density at radius 2 is 1.81 bits per heavy atom. The van der Waals surface area contributed by atoms with Crippen molar-refractivity contribution in [1.29, 1.82) is 0 Å². The molecule has 0 aromatic heterocycles. The predicted molar refractivity (Wildman–Crippen MR) is 116 cm³/mol. The van der Waals surface area contributed by atoms with E-state index in [1.807, 2.05) is 4.90 Å². The van der Waals surface area contributed by atoms with Gasteiger partial charge in [-0.1, -0.05) is 0 Å². The lowest BCUT2D eigenvalue weighted by Crippen LogP contribution is -2.37. The molecule has 0 saturated carbocycles. The molecule has 0 radical (unpaired) electrons. The maximum Gasteiger partial charge on any atom is 0.240 e. The third-order valence-electron chi connectivity index (χ3n) is 6.34. The molecule has 0 unspecified atom stereocenters. The van der Waals surface area contributed by atoms with Gasteiger partial charge in [-0.05, 0) is 62.3 Å². The second kappa shape index (κ2) is 9.67. The fourth-order valence-electron chi connectivity index (χ4n) is 4.55. The summed E-state index contributed by atoms with van der Waals surface area (Å²) in [6.07, 6.45) is 6.00. The molecule has 0 spiro atoms. The van der Waals surface area contributed by atoms with Crippen molar-refractivity contribution in [2.45, 2.75) is 62.4 Å². The SMILES string of the molecule is O=C(CCC(=O)N1CCc2cc(S(=O)(=O)NC[C@H]3CCCO3)ccc21)N1CCCCC1. The Morgan fingerprint density at radius 1 is 1.03 bits per heavy atom. The third-order valence-corrected chi connectivity index (χ3v) is 7.77. The molecule has 3 aliphatic heterocycles. The summed E-state index contributed by atoms with van der Waals surface area (Å²) in [5, 5.41) is 0. The molecule has 2 saturated heterocycles. The number of hydrogen-bond acceptors (Lipinski definition) is 5. The highest BCUT2D eigenvalue weighted by molar-refractivity contribution is 7.89. The molecule has 1 atom stereocenters. The van der Waals surface area contributed by atoms with E-state index in [2.05, 4.69) is 4.72 Å². The van der Waals surface area contributed by atoms with Gasteiger partial charge in [-0.2, -0.15) is 0 Å². The summed E-state index contributed by atoms with van der Waals surface area (Å²) in [5.41, 5.74) is 1.59. The van der Waals surface area contributed by atoms with Gasteiger partial charge in [0, 0.05) is 51.3 Å². The van der Waals surface area contributed by atoms with Crippen molar-refractivity contribution in [3.05, 3.63) is 23.8 Å².